The van der Waals surface area contributed by atoms with Crippen molar-refractivity contribution in [2.24, 2.45) is 0 Å². The summed E-state index contributed by atoms with van der Waals surface area (Å²) < 4.78 is 16.1. The fraction of sp³-hybridized carbons (Fsp3) is 0.292. The third-order valence-corrected chi connectivity index (χ3v) is 5.98. The maximum atomic E-state index is 14.4. The molecule has 0 atom stereocenters. The Bertz CT molecular complexity index is 1260. The molecule has 4 aromatic rings. The molecule has 0 spiro atoms. The molecule has 0 amide bonds. The first-order valence-electron chi connectivity index (χ1n) is 10.5. The van der Waals surface area contributed by atoms with Gasteiger partial charge in [-0.25, -0.2) is 9.37 Å². The molecule has 0 unspecified atom stereocenters. The quantitative estimate of drug-likeness (QED) is 0.533. The molecule has 1 aromatic carbocycles. The number of aryl methyl sites for hydroxylation is 1. The van der Waals surface area contributed by atoms with Crippen LogP contribution in [0, 0.1) is 12.7 Å². The normalized spacial score (nSPS) is 15.0. The second-order valence-corrected chi connectivity index (χ2v) is 8.51. The number of aromatic nitrogens is 4. The molecule has 1 saturated heterocycles. The van der Waals surface area contributed by atoms with E-state index in [0.29, 0.717) is 40.0 Å². The Kier molecular flexibility index (Phi) is 4.70. The van der Waals surface area contributed by atoms with Crippen molar-refractivity contribution in [3.05, 3.63) is 66.0 Å². The van der Waals surface area contributed by atoms with Gasteiger partial charge >= 0.3 is 0 Å². The minimum Gasteiger partial charge on any atom is -0.507 e. The van der Waals surface area contributed by atoms with Crippen molar-refractivity contribution in [2.75, 3.05) is 13.1 Å². The molecular weight excluding hydrogens is 393 g/mol. The van der Waals surface area contributed by atoms with Gasteiger partial charge in [0.05, 0.1) is 17.1 Å². The summed E-state index contributed by atoms with van der Waals surface area (Å²) in [5, 5.41) is 19.4. The molecule has 3 aromatic heterocycles. The maximum absolute atomic E-state index is 14.4. The predicted octanol–water partition coefficient (Wildman–Crippen LogP) is 4.42. The number of likely N-dealkylation sites (tertiary alicyclic amines) is 1. The van der Waals surface area contributed by atoms with Crippen molar-refractivity contribution >= 4 is 5.65 Å². The zero-order chi connectivity index (χ0) is 21.7. The topological polar surface area (TPSA) is 66.5 Å². The third kappa shape index (κ3) is 3.55. The van der Waals surface area contributed by atoms with E-state index in [4.69, 9.17) is 0 Å². The monoisotopic (exact) mass is 417 g/mol. The first-order valence-corrected chi connectivity index (χ1v) is 10.5. The van der Waals surface area contributed by atoms with E-state index in [1.807, 2.05) is 25.1 Å². The number of pyridine rings is 1. The number of nitrogens with zero attached hydrogens (tertiary/aromatic N) is 5. The number of fused-ring (bicyclic) bond motifs is 1. The number of phenolic OH excluding ortho intramolecular Hbond substituents is 1. The number of benzene rings is 1. The molecule has 0 saturated carbocycles. The van der Waals surface area contributed by atoms with Gasteiger partial charge in [-0.1, -0.05) is 6.07 Å². The molecule has 7 heteroatoms. The summed E-state index contributed by atoms with van der Waals surface area (Å²) in [4.78, 5) is 6.58. The van der Waals surface area contributed by atoms with Gasteiger partial charge in [0.1, 0.15) is 5.75 Å². The van der Waals surface area contributed by atoms with E-state index in [9.17, 15) is 9.50 Å². The summed E-state index contributed by atoms with van der Waals surface area (Å²) in [6.07, 6.45) is 3.58. The highest BCUT2D eigenvalue weighted by molar-refractivity contribution is 5.74. The summed E-state index contributed by atoms with van der Waals surface area (Å²) in [5.41, 5.74) is 4.60. The summed E-state index contributed by atoms with van der Waals surface area (Å²) in [7, 11) is 0. The van der Waals surface area contributed by atoms with Crippen molar-refractivity contribution in [2.45, 2.75) is 32.7 Å². The maximum Gasteiger partial charge on any atom is 0.173 e. The number of hydrogen-bond donors (Lipinski definition) is 1. The number of imidazole rings is 1. The van der Waals surface area contributed by atoms with Gasteiger partial charge in [-0.2, -0.15) is 10.2 Å². The molecule has 158 valence electrons. The van der Waals surface area contributed by atoms with Gasteiger partial charge in [-0.3, -0.25) is 4.90 Å². The van der Waals surface area contributed by atoms with Gasteiger partial charge < -0.3 is 9.51 Å². The second kappa shape index (κ2) is 7.42. The second-order valence-electron chi connectivity index (χ2n) is 8.51. The van der Waals surface area contributed by atoms with Crippen molar-refractivity contribution in [3.8, 4) is 28.1 Å². The smallest absolute Gasteiger partial charge is 0.173 e. The Labute approximate surface area is 180 Å². The van der Waals surface area contributed by atoms with Crippen LogP contribution in [-0.2, 0) is 0 Å². The average Bonchev–Trinajstić information content (AvgIpc) is 3.08. The lowest BCUT2D eigenvalue weighted by Gasteiger charge is -2.41. The predicted molar refractivity (Wildman–Crippen MR) is 117 cm³/mol. The van der Waals surface area contributed by atoms with Gasteiger partial charge in [0, 0.05) is 48.6 Å². The third-order valence-electron chi connectivity index (χ3n) is 5.98. The molecule has 4 heterocycles. The van der Waals surface area contributed by atoms with Gasteiger partial charge in [-0.15, -0.1) is 0 Å². The number of hydrogen-bond acceptors (Lipinski definition) is 5. The molecule has 0 bridgehead atoms. The average molecular weight is 417 g/mol. The van der Waals surface area contributed by atoms with Gasteiger partial charge in [0.25, 0.3) is 0 Å². The fourth-order valence-electron chi connectivity index (χ4n) is 4.09. The van der Waals surface area contributed by atoms with Crippen LogP contribution in [0.15, 0.2) is 48.8 Å². The van der Waals surface area contributed by atoms with Gasteiger partial charge in [-0.05, 0) is 56.7 Å². The number of aromatic hydroxyl groups is 1. The SMILES string of the molecule is Cc1cn2cc(-c3ccc(-c4ccc(C5CN(C(C)C)C5)nn4)c(O)c3)cc(F)c2n1. The first kappa shape index (κ1) is 19.6. The van der Waals surface area contributed by atoms with E-state index in [2.05, 4.69) is 33.9 Å². The van der Waals surface area contributed by atoms with Crippen LogP contribution in [0.2, 0.25) is 0 Å². The Hall–Kier alpha value is -3.32. The summed E-state index contributed by atoms with van der Waals surface area (Å²) >= 11 is 0. The van der Waals surface area contributed by atoms with Crippen molar-refractivity contribution in [3.63, 3.8) is 0 Å². The van der Waals surface area contributed by atoms with Crippen LogP contribution < -0.4 is 0 Å². The largest absolute Gasteiger partial charge is 0.507 e. The summed E-state index contributed by atoms with van der Waals surface area (Å²) in [6.45, 7) is 8.22. The zero-order valence-corrected chi connectivity index (χ0v) is 17.7. The molecule has 0 aliphatic carbocycles. The zero-order valence-electron chi connectivity index (χ0n) is 17.7. The van der Waals surface area contributed by atoms with Crippen LogP contribution in [0.4, 0.5) is 4.39 Å². The van der Waals surface area contributed by atoms with E-state index < -0.39 is 5.82 Å². The van der Waals surface area contributed by atoms with Crippen molar-refractivity contribution < 1.29 is 9.50 Å². The lowest BCUT2D eigenvalue weighted by Crippen LogP contribution is -2.48. The van der Waals surface area contributed by atoms with Crippen LogP contribution in [0.5, 0.6) is 5.75 Å². The Morgan fingerprint density at radius 2 is 1.84 bits per heavy atom. The van der Waals surface area contributed by atoms with E-state index in [0.717, 1.165) is 24.5 Å². The van der Waals surface area contributed by atoms with Crippen LogP contribution in [-0.4, -0.2) is 48.7 Å². The minimum atomic E-state index is -0.400. The highest BCUT2D eigenvalue weighted by atomic mass is 19.1. The number of rotatable bonds is 4. The highest BCUT2D eigenvalue weighted by Gasteiger charge is 2.30. The lowest BCUT2D eigenvalue weighted by molar-refractivity contribution is 0.107. The molecule has 1 aliphatic rings. The van der Waals surface area contributed by atoms with E-state index in [1.54, 1.807) is 28.9 Å². The van der Waals surface area contributed by atoms with E-state index >= 15 is 0 Å². The van der Waals surface area contributed by atoms with Crippen molar-refractivity contribution in [1.29, 1.82) is 0 Å². The first-order chi connectivity index (χ1) is 14.9. The Morgan fingerprint density at radius 3 is 2.52 bits per heavy atom. The highest BCUT2D eigenvalue weighted by Crippen LogP contribution is 2.34. The van der Waals surface area contributed by atoms with E-state index in [1.165, 1.54) is 6.07 Å². The Morgan fingerprint density at radius 1 is 1.03 bits per heavy atom. The molecule has 0 radical (unpaired) electrons. The molecule has 5 rings (SSSR count). The van der Waals surface area contributed by atoms with Crippen molar-refractivity contribution in [1.82, 2.24) is 24.5 Å². The molecule has 31 heavy (non-hydrogen) atoms. The molecular formula is C24H24FN5O. The Balaban J connectivity index is 1.40. The molecule has 6 nitrogen and oxygen atoms in total. The standard InChI is InChI=1S/C24H24FN5O/c1-14(2)29-12-18(13-29)21-6-7-22(28-27-21)19-5-4-16(9-23(19)31)17-8-20(25)24-26-15(3)10-30(24)11-17/h4-11,14,18,31H,12-13H2,1-3H3. The van der Waals surface area contributed by atoms with Crippen LogP contribution >= 0.6 is 0 Å². The summed E-state index contributed by atoms with van der Waals surface area (Å²) in [6, 6.07) is 11.1. The number of phenols is 1. The molecule has 1 aliphatic heterocycles. The molecule has 1 N–H and O–H groups in total. The lowest BCUT2D eigenvalue weighted by atomic mass is 9.94. The van der Waals surface area contributed by atoms with Crippen LogP contribution in [0.1, 0.15) is 31.2 Å². The van der Waals surface area contributed by atoms with Gasteiger partial charge in [0.2, 0.25) is 0 Å². The fourth-order valence-corrected chi connectivity index (χ4v) is 4.09. The van der Waals surface area contributed by atoms with Crippen LogP contribution in [0.25, 0.3) is 28.0 Å². The summed E-state index contributed by atoms with van der Waals surface area (Å²) in [5.74, 6) is 0.0932. The molecule has 1 fully saturated rings. The van der Waals surface area contributed by atoms with E-state index in [-0.39, 0.29) is 5.75 Å². The van der Waals surface area contributed by atoms with Gasteiger partial charge in [0.15, 0.2) is 11.5 Å². The minimum absolute atomic E-state index is 0.0801. The van der Waals surface area contributed by atoms with Crippen LogP contribution in [0.3, 0.4) is 0 Å². The number of halogens is 1.